The van der Waals surface area contributed by atoms with Gasteiger partial charge in [-0.2, -0.15) is 0 Å². The monoisotopic (exact) mass is 455 g/mol. The van der Waals surface area contributed by atoms with Crippen molar-refractivity contribution in [3.05, 3.63) is 26.7 Å². The Morgan fingerprint density at radius 2 is 1.72 bits per heavy atom. The molecule has 0 aliphatic rings. The molecule has 0 aromatic carbocycles. The highest BCUT2D eigenvalue weighted by Gasteiger charge is 2.21. The molecule has 0 aliphatic carbocycles. The molecular formula is C22H35F2N5O3. The van der Waals surface area contributed by atoms with Gasteiger partial charge in [0.2, 0.25) is 5.91 Å². The molecule has 0 atom stereocenters. The summed E-state index contributed by atoms with van der Waals surface area (Å²) in [6, 6.07) is 0. The van der Waals surface area contributed by atoms with Gasteiger partial charge in [-0.1, -0.05) is 40.0 Å². The Balaban J connectivity index is 2.41. The van der Waals surface area contributed by atoms with E-state index in [1.54, 1.807) is 4.57 Å². The quantitative estimate of drug-likeness (QED) is 0.442. The van der Waals surface area contributed by atoms with Crippen LogP contribution in [0.3, 0.4) is 0 Å². The lowest BCUT2D eigenvalue weighted by molar-refractivity contribution is -0.133. The second kappa shape index (κ2) is 12.5. The van der Waals surface area contributed by atoms with Crippen LogP contribution in [-0.2, 0) is 24.3 Å². The maximum Gasteiger partial charge on any atom is 0.330 e. The Kier molecular flexibility index (Phi) is 10.1. The number of aryl methyl sites for hydroxylation is 3. The summed E-state index contributed by atoms with van der Waals surface area (Å²) in [6.07, 6.45) is 2.65. The number of imidazole rings is 1. The highest BCUT2D eigenvalue weighted by atomic mass is 19.3. The van der Waals surface area contributed by atoms with E-state index in [-0.39, 0.29) is 25.3 Å². The van der Waals surface area contributed by atoms with Gasteiger partial charge in [0.1, 0.15) is 5.82 Å². The van der Waals surface area contributed by atoms with Crippen molar-refractivity contribution in [2.24, 2.45) is 0 Å². The SMILES string of the molecule is CCCCCn1c(CCC(=O)N(CCC)CC(F)F)nc2c1c(=O)[nH]c(=O)n2CCCC. The van der Waals surface area contributed by atoms with Crippen molar-refractivity contribution in [3.8, 4) is 0 Å². The van der Waals surface area contributed by atoms with Crippen LogP contribution in [0.5, 0.6) is 0 Å². The van der Waals surface area contributed by atoms with E-state index >= 15 is 0 Å². The van der Waals surface area contributed by atoms with Crippen LogP contribution in [0.2, 0.25) is 0 Å². The molecule has 8 nitrogen and oxygen atoms in total. The van der Waals surface area contributed by atoms with E-state index < -0.39 is 24.2 Å². The predicted molar refractivity (Wildman–Crippen MR) is 120 cm³/mol. The molecule has 0 unspecified atom stereocenters. The first-order valence-electron chi connectivity index (χ1n) is 11.6. The van der Waals surface area contributed by atoms with E-state index in [2.05, 4.69) is 16.9 Å². The highest BCUT2D eigenvalue weighted by Crippen LogP contribution is 2.16. The molecule has 0 spiro atoms. The zero-order valence-electron chi connectivity index (χ0n) is 19.3. The Morgan fingerprint density at radius 3 is 2.34 bits per heavy atom. The van der Waals surface area contributed by atoms with Gasteiger partial charge < -0.3 is 9.47 Å². The Labute approximate surface area is 186 Å². The molecule has 1 amide bonds. The molecule has 0 saturated heterocycles. The Hall–Kier alpha value is -2.52. The average molecular weight is 456 g/mol. The van der Waals surface area contributed by atoms with Crippen LogP contribution >= 0.6 is 0 Å². The molecule has 2 aromatic heterocycles. The molecule has 32 heavy (non-hydrogen) atoms. The smallest absolute Gasteiger partial charge is 0.330 e. The molecular weight excluding hydrogens is 420 g/mol. The van der Waals surface area contributed by atoms with Crippen molar-refractivity contribution < 1.29 is 13.6 Å². The molecule has 0 fully saturated rings. The molecule has 2 aromatic rings. The van der Waals surface area contributed by atoms with Gasteiger partial charge in [-0.25, -0.2) is 18.6 Å². The fraction of sp³-hybridized carbons (Fsp3) is 0.727. The van der Waals surface area contributed by atoms with E-state index in [0.29, 0.717) is 36.5 Å². The summed E-state index contributed by atoms with van der Waals surface area (Å²) in [4.78, 5) is 45.8. The fourth-order valence-corrected chi connectivity index (χ4v) is 3.82. The number of halogens is 2. The Bertz CT molecular complexity index is 996. The number of aromatic amines is 1. The minimum absolute atomic E-state index is 0.0148. The first-order chi connectivity index (χ1) is 15.3. The van der Waals surface area contributed by atoms with E-state index in [0.717, 1.165) is 32.1 Å². The number of aromatic nitrogens is 4. The van der Waals surface area contributed by atoms with Gasteiger partial charge >= 0.3 is 5.69 Å². The third kappa shape index (κ3) is 6.49. The zero-order chi connectivity index (χ0) is 23.7. The van der Waals surface area contributed by atoms with Gasteiger partial charge in [0.05, 0.1) is 6.54 Å². The lowest BCUT2D eigenvalue weighted by Crippen LogP contribution is -2.36. The summed E-state index contributed by atoms with van der Waals surface area (Å²) in [7, 11) is 0. The summed E-state index contributed by atoms with van der Waals surface area (Å²) in [5, 5.41) is 0. The molecule has 2 rings (SSSR count). The van der Waals surface area contributed by atoms with Crippen molar-refractivity contribution >= 4 is 17.1 Å². The number of hydrogen-bond donors (Lipinski definition) is 1. The van der Waals surface area contributed by atoms with E-state index in [9.17, 15) is 23.2 Å². The summed E-state index contributed by atoms with van der Waals surface area (Å²) in [5.41, 5.74) is -0.339. The van der Waals surface area contributed by atoms with Gasteiger partial charge in [-0.05, 0) is 19.3 Å². The van der Waals surface area contributed by atoms with E-state index in [1.807, 2.05) is 13.8 Å². The van der Waals surface area contributed by atoms with Crippen LogP contribution in [0.4, 0.5) is 8.78 Å². The van der Waals surface area contributed by atoms with Gasteiger partial charge in [0.15, 0.2) is 11.2 Å². The number of H-pyrrole nitrogens is 1. The number of amides is 1. The summed E-state index contributed by atoms with van der Waals surface area (Å²) >= 11 is 0. The van der Waals surface area contributed by atoms with Gasteiger partial charge in [0, 0.05) is 32.5 Å². The maximum atomic E-state index is 12.9. The molecule has 0 aliphatic heterocycles. The molecule has 0 saturated carbocycles. The normalized spacial score (nSPS) is 11.6. The van der Waals surface area contributed by atoms with Crippen LogP contribution in [0, 0.1) is 0 Å². The number of alkyl halides is 2. The molecule has 0 radical (unpaired) electrons. The number of unbranched alkanes of at least 4 members (excludes halogenated alkanes) is 3. The Morgan fingerprint density at radius 1 is 1.03 bits per heavy atom. The van der Waals surface area contributed by atoms with Crippen molar-refractivity contribution in [3.63, 3.8) is 0 Å². The summed E-state index contributed by atoms with van der Waals surface area (Å²) in [6.45, 7) is 6.58. The van der Waals surface area contributed by atoms with Crippen LogP contribution in [-0.4, -0.2) is 49.4 Å². The largest absolute Gasteiger partial charge is 0.337 e. The van der Waals surface area contributed by atoms with Crippen LogP contribution in [0.25, 0.3) is 11.2 Å². The second-order valence-electron chi connectivity index (χ2n) is 8.05. The van der Waals surface area contributed by atoms with Crippen molar-refractivity contribution in [2.45, 2.75) is 91.7 Å². The van der Waals surface area contributed by atoms with Crippen LogP contribution in [0.1, 0.15) is 71.5 Å². The second-order valence-corrected chi connectivity index (χ2v) is 8.05. The maximum absolute atomic E-state index is 12.9. The lowest BCUT2D eigenvalue weighted by atomic mass is 10.2. The number of nitrogens with one attached hydrogen (secondary N) is 1. The van der Waals surface area contributed by atoms with Crippen molar-refractivity contribution in [2.75, 3.05) is 13.1 Å². The molecule has 2 heterocycles. The molecule has 1 N–H and O–H groups in total. The number of carbonyl (C=O) groups excluding carboxylic acids is 1. The third-order valence-electron chi connectivity index (χ3n) is 5.45. The number of fused-ring (bicyclic) bond motifs is 1. The van der Waals surface area contributed by atoms with Gasteiger partial charge in [0.25, 0.3) is 12.0 Å². The average Bonchev–Trinajstić information content (AvgIpc) is 3.10. The van der Waals surface area contributed by atoms with E-state index in [4.69, 9.17) is 0 Å². The number of nitrogens with zero attached hydrogens (tertiary/aromatic N) is 4. The first-order valence-corrected chi connectivity index (χ1v) is 11.6. The van der Waals surface area contributed by atoms with Crippen LogP contribution in [0.15, 0.2) is 9.59 Å². The minimum atomic E-state index is -2.59. The molecule has 10 heteroatoms. The van der Waals surface area contributed by atoms with Crippen molar-refractivity contribution in [1.29, 1.82) is 0 Å². The minimum Gasteiger partial charge on any atom is -0.337 e. The summed E-state index contributed by atoms with van der Waals surface area (Å²) < 4.78 is 29.0. The van der Waals surface area contributed by atoms with Gasteiger partial charge in [-0.3, -0.25) is 19.1 Å². The fourth-order valence-electron chi connectivity index (χ4n) is 3.82. The predicted octanol–water partition coefficient (Wildman–Crippen LogP) is 3.31. The van der Waals surface area contributed by atoms with Crippen LogP contribution < -0.4 is 11.2 Å². The highest BCUT2D eigenvalue weighted by molar-refractivity contribution is 5.77. The topological polar surface area (TPSA) is 93.0 Å². The van der Waals surface area contributed by atoms with Gasteiger partial charge in [-0.15, -0.1) is 0 Å². The number of hydrogen-bond acceptors (Lipinski definition) is 4. The zero-order valence-corrected chi connectivity index (χ0v) is 19.3. The number of rotatable bonds is 14. The number of carbonyl (C=O) groups is 1. The third-order valence-corrected chi connectivity index (χ3v) is 5.45. The molecule has 180 valence electrons. The standard InChI is InChI=1S/C22H35F2N5O3/c1-4-7-9-14-28-17(10-11-18(30)27(12-6-3)15-16(23)24)25-20-19(28)21(31)26-22(32)29(20)13-8-5-2/h16H,4-15H2,1-3H3,(H,26,31,32). The lowest BCUT2D eigenvalue weighted by Gasteiger charge is -2.21. The molecule has 0 bridgehead atoms. The first kappa shape index (κ1) is 25.7. The van der Waals surface area contributed by atoms with Crippen molar-refractivity contribution in [1.82, 2.24) is 24.0 Å². The summed E-state index contributed by atoms with van der Waals surface area (Å²) in [5.74, 6) is 0.163. The van der Waals surface area contributed by atoms with E-state index in [1.165, 1.54) is 9.47 Å².